The Labute approximate surface area is 97.4 Å². The van der Waals surface area contributed by atoms with Gasteiger partial charge in [0.1, 0.15) is 0 Å². The highest BCUT2D eigenvalue weighted by Crippen LogP contribution is 2.19. The molecule has 1 atom stereocenters. The number of hydrogen-bond acceptors (Lipinski definition) is 2. The summed E-state index contributed by atoms with van der Waals surface area (Å²) in [5.41, 5.74) is 2.08. The minimum Gasteiger partial charge on any atom is -0.336 e. The van der Waals surface area contributed by atoms with Gasteiger partial charge in [-0.05, 0) is 13.0 Å². The molecule has 5 heteroatoms. The van der Waals surface area contributed by atoms with Gasteiger partial charge in [-0.2, -0.15) is 5.10 Å². The number of hydrogen-bond donors (Lipinski definition) is 0. The van der Waals surface area contributed by atoms with Crippen LogP contribution in [0.15, 0.2) is 6.07 Å². The predicted octanol–water partition coefficient (Wildman–Crippen LogP) is 1.22. The Morgan fingerprint density at radius 3 is 2.87 bits per heavy atom. The van der Waals surface area contributed by atoms with E-state index >= 15 is 0 Å². The summed E-state index contributed by atoms with van der Waals surface area (Å²) in [7, 11) is 1.91. The van der Waals surface area contributed by atoms with E-state index in [4.69, 9.17) is 0 Å². The van der Waals surface area contributed by atoms with E-state index in [0.717, 1.165) is 17.9 Å². The molecule has 0 aromatic carbocycles. The molecule has 1 aromatic rings. The lowest BCUT2D eigenvalue weighted by Crippen LogP contribution is -2.24. The largest absolute Gasteiger partial charge is 0.336 e. The molecule has 0 aliphatic carbocycles. The molecule has 1 aromatic heterocycles. The first-order valence-corrected chi connectivity index (χ1v) is 5.89. The number of aryl methyl sites for hydroxylation is 2. The van der Waals surface area contributed by atoms with E-state index in [1.807, 2.05) is 29.6 Å². The van der Waals surface area contributed by atoms with Crippen molar-refractivity contribution in [3.05, 3.63) is 17.5 Å². The fourth-order valence-electron chi connectivity index (χ4n) is 1.78. The van der Waals surface area contributed by atoms with Crippen LogP contribution in [0.2, 0.25) is 0 Å². The van der Waals surface area contributed by atoms with Crippen molar-refractivity contribution in [3.63, 3.8) is 0 Å². The van der Waals surface area contributed by atoms with Crippen molar-refractivity contribution in [1.82, 2.24) is 14.7 Å². The molecule has 0 radical (unpaired) electrons. The molecule has 15 heavy (non-hydrogen) atoms. The van der Waals surface area contributed by atoms with Crippen molar-refractivity contribution in [1.29, 1.82) is 0 Å². The van der Waals surface area contributed by atoms with Crippen LogP contribution in [0.3, 0.4) is 0 Å². The maximum Gasteiger partial charge on any atom is 0.224 e. The Hall–Kier alpha value is -0.840. The number of carbonyl (C=O) groups is 1. The average Bonchev–Trinajstić information content (AvgIpc) is 2.59. The van der Waals surface area contributed by atoms with E-state index in [-0.39, 0.29) is 5.91 Å². The fourth-order valence-corrected chi connectivity index (χ4v) is 2.41. The number of amides is 1. The van der Waals surface area contributed by atoms with Crippen molar-refractivity contribution in [2.24, 2.45) is 7.05 Å². The Morgan fingerprint density at radius 1 is 1.67 bits per heavy atom. The Kier molecular flexibility index (Phi) is 2.82. The second-order valence-electron chi connectivity index (χ2n) is 3.98. The highest BCUT2D eigenvalue weighted by molar-refractivity contribution is 9.09. The molecule has 0 saturated carbocycles. The van der Waals surface area contributed by atoms with Crippen LogP contribution in [0.25, 0.3) is 0 Å². The van der Waals surface area contributed by atoms with Gasteiger partial charge in [0.2, 0.25) is 5.91 Å². The maximum absolute atomic E-state index is 11.5. The second kappa shape index (κ2) is 3.96. The van der Waals surface area contributed by atoms with Gasteiger partial charge in [0.15, 0.2) is 0 Å². The van der Waals surface area contributed by atoms with Gasteiger partial charge in [0.25, 0.3) is 0 Å². The zero-order valence-corrected chi connectivity index (χ0v) is 10.5. The number of aromatic nitrogens is 2. The van der Waals surface area contributed by atoms with E-state index in [1.165, 1.54) is 0 Å². The van der Waals surface area contributed by atoms with Crippen molar-refractivity contribution in [2.45, 2.75) is 24.7 Å². The van der Waals surface area contributed by atoms with Crippen LogP contribution in [-0.4, -0.2) is 32.0 Å². The molecule has 1 unspecified atom stereocenters. The second-order valence-corrected chi connectivity index (χ2v) is 5.27. The third kappa shape index (κ3) is 2.22. The van der Waals surface area contributed by atoms with Crippen LogP contribution >= 0.6 is 15.9 Å². The molecule has 2 rings (SSSR count). The first-order chi connectivity index (χ1) is 7.06. The first kappa shape index (κ1) is 10.7. The highest BCUT2D eigenvalue weighted by atomic mass is 79.9. The highest BCUT2D eigenvalue weighted by Gasteiger charge is 2.27. The molecule has 1 aliphatic rings. The lowest BCUT2D eigenvalue weighted by Gasteiger charge is -2.13. The van der Waals surface area contributed by atoms with Crippen molar-refractivity contribution >= 4 is 21.8 Å². The van der Waals surface area contributed by atoms with Gasteiger partial charge in [-0.15, -0.1) is 0 Å². The molecular weight excluding hydrogens is 258 g/mol. The summed E-state index contributed by atoms with van der Waals surface area (Å²) in [5.74, 6) is 0.209. The van der Waals surface area contributed by atoms with Gasteiger partial charge in [-0.3, -0.25) is 9.48 Å². The van der Waals surface area contributed by atoms with Gasteiger partial charge in [-0.25, -0.2) is 0 Å². The number of carbonyl (C=O) groups excluding carboxylic acids is 1. The zero-order valence-electron chi connectivity index (χ0n) is 8.90. The first-order valence-electron chi connectivity index (χ1n) is 4.97. The summed E-state index contributed by atoms with van der Waals surface area (Å²) in [6.07, 6.45) is 0.603. The lowest BCUT2D eigenvalue weighted by molar-refractivity contribution is -0.128. The quantitative estimate of drug-likeness (QED) is 0.759. The summed E-state index contributed by atoms with van der Waals surface area (Å²) >= 11 is 3.46. The minimum atomic E-state index is 0.209. The maximum atomic E-state index is 11.5. The van der Waals surface area contributed by atoms with Crippen LogP contribution < -0.4 is 0 Å². The van der Waals surface area contributed by atoms with E-state index < -0.39 is 0 Å². The van der Waals surface area contributed by atoms with Crippen LogP contribution in [0, 0.1) is 6.92 Å². The molecule has 1 saturated heterocycles. The van der Waals surface area contributed by atoms with Crippen LogP contribution in [0.1, 0.15) is 17.8 Å². The standard InChI is InChI=1S/C10H14BrN3O/c1-7-3-9(12-13(7)2)6-14-5-8(11)4-10(14)15/h3,8H,4-6H2,1-2H3. The van der Waals surface area contributed by atoms with E-state index in [2.05, 4.69) is 21.0 Å². The van der Waals surface area contributed by atoms with Gasteiger partial charge >= 0.3 is 0 Å². The molecule has 82 valence electrons. The average molecular weight is 272 g/mol. The normalized spacial score (nSPS) is 21.4. The zero-order chi connectivity index (χ0) is 11.0. The lowest BCUT2D eigenvalue weighted by atomic mass is 10.3. The van der Waals surface area contributed by atoms with Crippen LogP contribution in [0.5, 0.6) is 0 Å². The molecule has 0 N–H and O–H groups in total. The molecule has 0 spiro atoms. The summed E-state index contributed by atoms with van der Waals surface area (Å²) < 4.78 is 1.83. The van der Waals surface area contributed by atoms with Crippen LogP contribution in [0.4, 0.5) is 0 Å². The van der Waals surface area contributed by atoms with Crippen LogP contribution in [-0.2, 0) is 18.4 Å². The summed E-state index contributed by atoms with van der Waals surface area (Å²) in [6, 6.07) is 2.02. The van der Waals surface area contributed by atoms with Gasteiger partial charge in [0.05, 0.1) is 12.2 Å². The summed E-state index contributed by atoms with van der Waals surface area (Å²) in [4.78, 5) is 13.7. The SMILES string of the molecule is Cc1cc(CN2CC(Br)CC2=O)nn1C. The van der Waals surface area contributed by atoms with Gasteiger partial charge in [-0.1, -0.05) is 15.9 Å². The van der Waals surface area contributed by atoms with E-state index in [9.17, 15) is 4.79 Å². The molecule has 2 heterocycles. The smallest absolute Gasteiger partial charge is 0.224 e. The number of alkyl halides is 1. The number of rotatable bonds is 2. The van der Waals surface area contributed by atoms with Crippen molar-refractivity contribution in [2.75, 3.05) is 6.54 Å². The Morgan fingerprint density at radius 2 is 2.40 bits per heavy atom. The molecule has 1 amide bonds. The fraction of sp³-hybridized carbons (Fsp3) is 0.600. The number of halogens is 1. The third-order valence-electron chi connectivity index (χ3n) is 2.68. The van der Waals surface area contributed by atoms with Gasteiger partial charge < -0.3 is 4.90 Å². The number of nitrogens with zero attached hydrogens (tertiary/aromatic N) is 3. The molecule has 0 bridgehead atoms. The summed E-state index contributed by atoms with van der Waals surface area (Å²) in [5, 5.41) is 4.34. The Balaban J connectivity index is 2.06. The Bertz CT molecular complexity index is 369. The molecule has 1 aliphatic heterocycles. The topological polar surface area (TPSA) is 38.1 Å². The van der Waals surface area contributed by atoms with Gasteiger partial charge in [0, 0.05) is 30.5 Å². The molecule has 1 fully saturated rings. The third-order valence-corrected chi connectivity index (χ3v) is 3.30. The minimum absolute atomic E-state index is 0.209. The monoisotopic (exact) mass is 271 g/mol. The predicted molar refractivity (Wildman–Crippen MR) is 60.7 cm³/mol. The van der Waals surface area contributed by atoms with Crippen molar-refractivity contribution < 1.29 is 4.79 Å². The van der Waals surface area contributed by atoms with E-state index in [1.54, 1.807) is 0 Å². The number of likely N-dealkylation sites (tertiary alicyclic amines) is 1. The summed E-state index contributed by atoms with van der Waals surface area (Å²) in [6.45, 7) is 3.42. The molecule has 4 nitrogen and oxygen atoms in total. The van der Waals surface area contributed by atoms with Crippen molar-refractivity contribution in [3.8, 4) is 0 Å². The molecular formula is C10H14BrN3O. The van der Waals surface area contributed by atoms with E-state index in [0.29, 0.717) is 17.8 Å².